The number of hydrogen-bond acceptors (Lipinski definition) is 5. The minimum Gasteiger partial charge on any atom is -0.444 e. The number of imidazole rings is 1. The van der Waals surface area contributed by atoms with Crippen LogP contribution in [0.3, 0.4) is 0 Å². The average molecular weight is 420 g/mol. The Morgan fingerprint density at radius 2 is 1.90 bits per heavy atom. The number of rotatable bonds is 2. The van der Waals surface area contributed by atoms with E-state index in [1.807, 2.05) is 0 Å². The highest BCUT2D eigenvalue weighted by atomic mass is 19.4. The number of hydrogen-bond donors (Lipinski definition) is 0. The van der Waals surface area contributed by atoms with Crippen LogP contribution in [0.25, 0.3) is 0 Å². The molecule has 0 unspecified atom stereocenters. The van der Waals surface area contributed by atoms with Crippen LogP contribution in [0.5, 0.6) is 0 Å². The number of alkyl halides is 3. The van der Waals surface area contributed by atoms with Crippen molar-refractivity contribution in [2.45, 2.75) is 45.6 Å². The highest BCUT2D eigenvalue weighted by Crippen LogP contribution is 2.34. The average Bonchev–Trinajstić information content (AvgIpc) is 3.08. The number of carbonyl (C=O) groups is 2. The molecule has 0 N–H and O–H groups in total. The van der Waals surface area contributed by atoms with Gasteiger partial charge in [0.25, 0.3) is 0 Å². The molecule has 1 aliphatic rings. The third-order valence-electron chi connectivity index (χ3n) is 4.45. The van der Waals surface area contributed by atoms with E-state index in [0.29, 0.717) is 11.9 Å². The van der Waals surface area contributed by atoms with Crippen LogP contribution in [0.4, 0.5) is 18.0 Å². The fourth-order valence-electron chi connectivity index (χ4n) is 3.11. The van der Waals surface area contributed by atoms with Crippen LogP contribution in [0.2, 0.25) is 0 Å². The molecule has 30 heavy (non-hydrogen) atoms. The molecule has 2 heterocycles. The SMILES string of the molecule is CC(C)(C)OC(=O)N1CCn2c(C(=O)c3ccc(C#N)cc3C(F)(F)F)cnc2C1. The van der Waals surface area contributed by atoms with Crippen molar-refractivity contribution in [3.05, 3.63) is 52.6 Å². The minimum atomic E-state index is -4.80. The maximum absolute atomic E-state index is 13.4. The normalized spacial score (nSPS) is 14.1. The Labute approximate surface area is 170 Å². The van der Waals surface area contributed by atoms with E-state index < -0.39 is 34.8 Å². The Kier molecular flexibility index (Phi) is 5.33. The van der Waals surface area contributed by atoms with Crippen LogP contribution in [0.1, 0.15) is 53.8 Å². The smallest absolute Gasteiger partial charge is 0.417 e. The van der Waals surface area contributed by atoms with Crippen LogP contribution in [-0.4, -0.2) is 38.5 Å². The van der Waals surface area contributed by atoms with E-state index in [2.05, 4.69) is 4.98 Å². The van der Waals surface area contributed by atoms with Crippen molar-refractivity contribution in [2.75, 3.05) is 6.54 Å². The molecule has 7 nitrogen and oxygen atoms in total. The first-order valence-corrected chi connectivity index (χ1v) is 9.09. The van der Waals surface area contributed by atoms with Crippen LogP contribution < -0.4 is 0 Å². The van der Waals surface area contributed by atoms with Crippen LogP contribution in [0.15, 0.2) is 24.4 Å². The van der Waals surface area contributed by atoms with Crippen LogP contribution >= 0.6 is 0 Å². The Balaban J connectivity index is 1.90. The predicted molar refractivity (Wildman–Crippen MR) is 98.5 cm³/mol. The maximum atomic E-state index is 13.4. The number of fused-ring (bicyclic) bond motifs is 1. The summed E-state index contributed by atoms with van der Waals surface area (Å²) in [7, 11) is 0. The van der Waals surface area contributed by atoms with Gasteiger partial charge in [-0.05, 0) is 39.0 Å². The molecular weight excluding hydrogens is 401 g/mol. The fraction of sp³-hybridized carbons (Fsp3) is 0.400. The van der Waals surface area contributed by atoms with Crippen molar-refractivity contribution in [3.63, 3.8) is 0 Å². The van der Waals surface area contributed by atoms with Gasteiger partial charge in [0.15, 0.2) is 0 Å². The molecule has 0 bridgehead atoms. The number of benzene rings is 1. The van der Waals surface area contributed by atoms with Gasteiger partial charge in [-0.15, -0.1) is 0 Å². The lowest BCUT2D eigenvalue weighted by molar-refractivity contribution is -0.137. The molecule has 0 atom stereocenters. The zero-order valence-corrected chi connectivity index (χ0v) is 16.6. The van der Waals surface area contributed by atoms with Gasteiger partial charge in [0.1, 0.15) is 17.1 Å². The van der Waals surface area contributed by atoms with Crippen LogP contribution in [0, 0.1) is 11.3 Å². The molecular formula is C20H19F3N4O3. The van der Waals surface area contributed by atoms with E-state index in [0.717, 1.165) is 6.07 Å². The Bertz CT molecular complexity index is 1050. The van der Waals surface area contributed by atoms with Gasteiger partial charge in [0.2, 0.25) is 5.78 Å². The summed E-state index contributed by atoms with van der Waals surface area (Å²) in [6.07, 6.45) is -4.12. The largest absolute Gasteiger partial charge is 0.444 e. The van der Waals surface area contributed by atoms with Crippen LogP contribution in [-0.2, 0) is 24.0 Å². The number of halogens is 3. The number of nitrogens with zero attached hydrogens (tertiary/aromatic N) is 4. The standard InChI is InChI=1S/C20H19F3N4O3/c1-19(2,3)30-18(29)26-6-7-27-15(10-25-16(27)11-26)17(28)13-5-4-12(9-24)8-14(13)20(21,22)23/h4-5,8,10H,6-7,11H2,1-3H3. The number of carbonyl (C=O) groups excluding carboxylic acids is 2. The van der Waals surface area contributed by atoms with E-state index in [4.69, 9.17) is 10.00 Å². The number of ether oxygens (including phenoxy) is 1. The lowest BCUT2D eigenvalue weighted by Crippen LogP contribution is -2.42. The zero-order valence-electron chi connectivity index (χ0n) is 16.6. The molecule has 0 spiro atoms. The highest BCUT2D eigenvalue weighted by molar-refractivity contribution is 6.09. The first-order valence-electron chi connectivity index (χ1n) is 9.09. The van der Waals surface area contributed by atoms with Gasteiger partial charge in [-0.2, -0.15) is 18.4 Å². The highest BCUT2D eigenvalue weighted by Gasteiger charge is 2.37. The molecule has 3 rings (SSSR count). The van der Waals surface area contributed by atoms with Crippen molar-refractivity contribution in [2.24, 2.45) is 0 Å². The summed E-state index contributed by atoms with van der Waals surface area (Å²) in [4.78, 5) is 30.7. The molecule has 1 aromatic carbocycles. The number of amides is 1. The Morgan fingerprint density at radius 1 is 1.20 bits per heavy atom. The zero-order chi connectivity index (χ0) is 22.3. The summed E-state index contributed by atoms with van der Waals surface area (Å²) < 4.78 is 47.1. The molecule has 0 fully saturated rings. The van der Waals surface area contributed by atoms with E-state index in [9.17, 15) is 22.8 Å². The summed E-state index contributed by atoms with van der Waals surface area (Å²) in [6, 6.07) is 4.47. The lowest BCUT2D eigenvalue weighted by Gasteiger charge is -2.30. The van der Waals surface area contributed by atoms with Gasteiger partial charge in [0.05, 0.1) is 29.9 Å². The summed E-state index contributed by atoms with van der Waals surface area (Å²) >= 11 is 0. The molecule has 10 heteroatoms. The Hall–Kier alpha value is -3.35. The second-order valence-corrected chi connectivity index (χ2v) is 7.81. The third-order valence-corrected chi connectivity index (χ3v) is 4.45. The molecule has 1 aliphatic heterocycles. The molecule has 0 saturated carbocycles. The molecule has 2 aromatic rings. The molecule has 158 valence electrons. The van der Waals surface area contributed by atoms with E-state index in [1.54, 1.807) is 26.8 Å². The van der Waals surface area contributed by atoms with Crippen molar-refractivity contribution in [1.29, 1.82) is 5.26 Å². The summed E-state index contributed by atoms with van der Waals surface area (Å²) in [5, 5.41) is 8.88. The molecule has 0 aliphatic carbocycles. The van der Waals surface area contributed by atoms with Crippen molar-refractivity contribution in [1.82, 2.24) is 14.5 Å². The van der Waals surface area contributed by atoms with Gasteiger partial charge in [-0.25, -0.2) is 9.78 Å². The predicted octanol–water partition coefficient (Wildman–Crippen LogP) is 3.76. The van der Waals surface area contributed by atoms with E-state index in [1.165, 1.54) is 21.7 Å². The number of ketones is 1. The molecule has 1 amide bonds. The van der Waals surface area contributed by atoms with E-state index in [-0.39, 0.29) is 30.9 Å². The summed E-state index contributed by atoms with van der Waals surface area (Å²) in [6.45, 7) is 5.69. The molecule has 0 saturated heterocycles. The van der Waals surface area contributed by atoms with Crippen molar-refractivity contribution >= 4 is 11.9 Å². The van der Waals surface area contributed by atoms with Crippen molar-refractivity contribution in [3.8, 4) is 6.07 Å². The van der Waals surface area contributed by atoms with Gasteiger partial charge < -0.3 is 9.30 Å². The number of nitriles is 1. The van der Waals surface area contributed by atoms with E-state index >= 15 is 0 Å². The fourth-order valence-corrected chi connectivity index (χ4v) is 3.11. The van der Waals surface area contributed by atoms with Crippen molar-refractivity contribution < 1.29 is 27.5 Å². The Morgan fingerprint density at radius 3 is 2.50 bits per heavy atom. The topological polar surface area (TPSA) is 88.2 Å². The van der Waals surface area contributed by atoms with Gasteiger partial charge in [-0.1, -0.05) is 0 Å². The second kappa shape index (κ2) is 7.48. The third kappa shape index (κ3) is 4.30. The van der Waals surface area contributed by atoms with Gasteiger partial charge in [0, 0.05) is 18.7 Å². The monoisotopic (exact) mass is 420 g/mol. The number of aromatic nitrogens is 2. The minimum absolute atomic E-state index is 0.0101. The quantitative estimate of drug-likeness (QED) is 0.691. The van der Waals surface area contributed by atoms with Gasteiger partial charge in [-0.3, -0.25) is 9.69 Å². The summed E-state index contributed by atoms with van der Waals surface area (Å²) in [5.41, 5.74) is -2.60. The first kappa shape index (κ1) is 21.4. The maximum Gasteiger partial charge on any atom is 0.417 e. The second-order valence-electron chi connectivity index (χ2n) is 7.81. The molecule has 0 radical (unpaired) electrons. The molecule has 1 aromatic heterocycles. The lowest BCUT2D eigenvalue weighted by atomic mass is 9.99. The van der Waals surface area contributed by atoms with Gasteiger partial charge >= 0.3 is 12.3 Å². The first-order chi connectivity index (χ1) is 13.9. The summed E-state index contributed by atoms with van der Waals surface area (Å²) in [5.74, 6) is -0.478.